The molecule has 0 unspecified atom stereocenters. The number of nitriles is 1. The van der Waals surface area contributed by atoms with E-state index in [4.69, 9.17) is 11.6 Å². The van der Waals surface area contributed by atoms with Gasteiger partial charge in [0.15, 0.2) is 0 Å². The van der Waals surface area contributed by atoms with Crippen molar-refractivity contribution in [1.29, 1.82) is 5.26 Å². The third-order valence-electron chi connectivity index (χ3n) is 4.56. The molecule has 5 nitrogen and oxygen atoms in total. The van der Waals surface area contributed by atoms with Crippen LogP contribution in [0.5, 0.6) is 0 Å². The van der Waals surface area contributed by atoms with Gasteiger partial charge < -0.3 is 10.2 Å². The van der Waals surface area contributed by atoms with Gasteiger partial charge in [0, 0.05) is 44.6 Å². The summed E-state index contributed by atoms with van der Waals surface area (Å²) in [6.45, 7) is 3.47. The molecule has 7 heteroatoms. The van der Waals surface area contributed by atoms with E-state index >= 15 is 0 Å². The molecule has 2 aromatic rings. The Labute approximate surface area is 168 Å². The van der Waals surface area contributed by atoms with E-state index < -0.39 is 5.82 Å². The molecule has 0 radical (unpaired) electrons. The summed E-state index contributed by atoms with van der Waals surface area (Å²) >= 11 is 5.74. The first-order chi connectivity index (χ1) is 13.6. The minimum absolute atomic E-state index is 0.00282. The first kappa shape index (κ1) is 19.9. The maximum absolute atomic E-state index is 13.2. The predicted octanol–water partition coefficient (Wildman–Crippen LogP) is 3.64. The number of halogens is 2. The van der Waals surface area contributed by atoms with Gasteiger partial charge in [0.2, 0.25) is 0 Å². The fourth-order valence-corrected chi connectivity index (χ4v) is 3.18. The molecule has 1 N–H and O–H groups in total. The number of amides is 1. The van der Waals surface area contributed by atoms with E-state index in [1.165, 1.54) is 30.0 Å². The van der Waals surface area contributed by atoms with Gasteiger partial charge >= 0.3 is 0 Å². The molecule has 1 saturated heterocycles. The van der Waals surface area contributed by atoms with Crippen LogP contribution in [-0.2, 0) is 11.3 Å². The standard InChI is InChI=1S/C21H20ClFN4O/c22-19-12-18(6-7-20(19)23)25-14-17(13-24)21(28)27-10-8-26(9-11-27)15-16-4-2-1-3-5-16/h1-7,12,14,25H,8-11,15H2/b17-14-. The quantitative estimate of drug-likeness (QED) is 0.617. The Morgan fingerprint density at radius 2 is 1.89 bits per heavy atom. The van der Waals surface area contributed by atoms with E-state index in [0.717, 1.165) is 19.6 Å². The minimum Gasteiger partial charge on any atom is -0.360 e. The van der Waals surface area contributed by atoms with Crippen LogP contribution in [0.2, 0.25) is 5.02 Å². The van der Waals surface area contributed by atoms with Crippen LogP contribution in [-0.4, -0.2) is 41.9 Å². The van der Waals surface area contributed by atoms with Gasteiger partial charge in [-0.3, -0.25) is 9.69 Å². The number of carbonyl (C=O) groups is 1. The first-order valence-corrected chi connectivity index (χ1v) is 9.32. The average molecular weight is 399 g/mol. The normalized spacial score (nSPS) is 15.2. The summed E-state index contributed by atoms with van der Waals surface area (Å²) in [5.41, 5.74) is 1.73. The van der Waals surface area contributed by atoms with E-state index in [1.54, 1.807) is 4.90 Å². The molecule has 1 aliphatic heterocycles. The number of hydrogen-bond acceptors (Lipinski definition) is 4. The second-order valence-electron chi connectivity index (χ2n) is 6.50. The van der Waals surface area contributed by atoms with Crippen molar-refractivity contribution < 1.29 is 9.18 Å². The molecule has 1 fully saturated rings. The van der Waals surface area contributed by atoms with Crippen molar-refractivity contribution in [3.63, 3.8) is 0 Å². The number of nitrogens with one attached hydrogen (secondary N) is 1. The van der Waals surface area contributed by atoms with E-state index in [-0.39, 0.29) is 16.5 Å². The molecule has 0 aliphatic carbocycles. The highest BCUT2D eigenvalue weighted by Crippen LogP contribution is 2.19. The summed E-state index contributed by atoms with van der Waals surface area (Å²) in [4.78, 5) is 16.6. The molecule has 28 heavy (non-hydrogen) atoms. The average Bonchev–Trinajstić information content (AvgIpc) is 2.72. The monoisotopic (exact) mass is 398 g/mol. The van der Waals surface area contributed by atoms with Crippen molar-refractivity contribution in [1.82, 2.24) is 9.80 Å². The van der Waals surface area contributed by atoms with Crippen LogP contribution in [0.3, 0.4) is 0 Å². The second kappa shape index (κ2) is 9.36. The predicted molar refractivity (Wildman–Crippen MR) is 107 cm³/mol. The van der Waals surface area contributed by atoms with E-state index in [2.05, 4.69) is 22.3 Å². The summed E-state index contributed by atoms with van der Waals surface area (Å²) in [5.74, 6) is -0.844. The lowest BCUT2D eigenvalue weighted by atomic mass is 10.2. The molecule has 0 bridgehead atoms. The summed E-state index contributed by atoms with van der Waals surface area (Å²) in [5, 5.41) is 12.2. The zero-order valence-electron chi connectivity index (χ0n) is 15.2. The zero-order chi connectivity index (χ0) is 19.9. The Bertz CT molecular complexity index is 902. The number of rotatable bonds is 5. The van der Waals surface area contributed by atoms with E-state index in [9.17, 15) is 14.4 Å². The molecule has 0 atom stereocenters. The number of nitrogens with zero attached hydrogens (tertiary/aromatic N) is 3. The third kappa shape index (κ3) is 5.10. The first-order valence-electron chi connectivity index (χ1n) is 8.94. The summed E-state index contributed by atoms with van der Waals surface area (Å²) in [6.07, 6.45) is 1.34. The van der Waals surface area contributed by atoms with Crippen molar-refractivity contribution >= 4 is 23.2 Å². The highest BCUT2D eigenvalue weighted by Gasteiger charge is 2.23. The Morgan fingerprint density at radius 1 is 1.18 bits per heavy atom. The van der Waals surface area contributed by atoms with Gasteiger partial charge in [-0.05, 0) is 23.8 Å². The molecule has 1 amide bonds. The number of anilines is 1. The van der Waals surface area contributed by atoms with Crippen LogP contribution in [0.1, 0.15) is 5.56 Å². The number of hydrogen-bond donors (Lipinski definition) is 1. The van der Waals surface area contributed by atoms with Gasteiger partial charge in [0.25, 0.3) is 5.91 Å². The van der Waals surface area contributed by atoms with Gasteiger partial charge in [0.05, 0.1) is 5.02 Å². The maximum atomic E-state index is 13.2. The highest BCUT2D eigenvalue weighted by molar-refractivity contribution is 6.31. The molecule has 0 spiro atoms. The molecule has 3 rings (SSSR count). The smallest absolute Gasteiger partial charge is 0.266 e. The van der Waals surface area contributed by atoms with Gasteiger partial charge in [-0.15, -0.1) is 0 Å². The third-order valence-corrected chi connectivity index (χ3v) is 4.85. The molecule has 144 valence electrons. The Kier molecular flexibility index (Phi) is 6.64. The molecule has 1 aliphatic rings. The Balaban J connectivity index is 1.56. The van der Waals surface area contributed by atoms with Crippen molar-refractivity contribution in [2.75, 3.05) is 31.5 Å². The second-order valence-corrected chi connectivity index (χ2v) is 6.90. The van der Waals surface area contributed by atoms with Crippen LogP contribution in [0, 0.1) is 17.1 Å². The topological polar surface area (TPSA) is 59.4 Å². The van der Waals surface area contributed by atoms with E-state index in [0.29, 0.717) is 18.8 Å². The minimum atomic E-state index is -0.527. The Hall–Kier alpha value is -2.88. The maximum Gasteiger partial charge on any atom is 0.266 e. The SMILES string of the molecule is N#C/C(=C/Nc1ccc(F)c(Cl)c1)C(=O)N1CCN(Cc2ccccc2)CC1. The fraction of sp³-hybridized carbons (Fsp3) is 0.238. The van der Waals surface area contributed by atoms with Crippen molar-refractivity contribution in [2.24, 2.45) is 0 Å². The highest BCUT2D eigenvalue weighted by atomic mass is 35.5. The molecule has 0 aromatic heterocycles. The summed E-state index contributed by atoms with van der Waals surface area (Å²) in [6, 6.07) is 16.2. The molecule has 0 saturated carbocycles. The van der Waals surface area contributed by atoms with Crippen LogP contribution in [0.15, 0.2) is 60.3 Å². The largest absolute Gasteiger partial charge is 0.360 e. The van der Waals surface area contributed by atoms with Gasteiger partial charge in [0.1, 0.15) is 17.5 Å². The van der Waals surface area contributed by atoms with Gasteiger partial charge in [-0.25, -0.2) is 4.39 Å². The zero-order valence-corrected chi connectivity index (χ0v) is 16.0. The van der Waals surface area contributed by atoms with Crippen LogP contribution in [0.4, 0.5) is 10.1 Å². The van der Waals surface area contributed by atoms with Crippen molar-refractivity contribution in [3.8, 4) is 6.07 Å². The molecular weight excluding hydrogens is 379 g/mol. The van der Waals surface area contributed by atoms with Crippen LogP contribution >= 0.6 is 11.6 Å². The Morgan fingerprint density at radius 3 is 2.54 bits per heavy atom. The number of benzene rings is 2. The summed E-state index contributed by atoms with van der Waals surface area (Å²) in [7, 11) is 0. The van der Waals surface area contributed by atoms with E-state index in [1.807, 2.05) is 24.3 Å². The number of carbonyl (C=O) groups excluding carboxylic acids is 1. The van der Waals surface area contributed by atoms with Gasteiger partial charge in [-0.1, -0.05) is 41.9 Å². The fourth-order valence-electron chi connectivity index (χ4n) is 3.00. The van der Waals surface area contributed by atoms with Crippen molar-refractivity contribution in [2.45, 2.75) is 6.54 Å². The lowest BCUT2D eigenvalue weighted by Crippen LogP contribution is -2.48. The lowest BCUT2D eigenvalue weighted by Gasteiger charge is -2.34. The van der Waals surface area contributed by atoms with Crippen molar-refractivity contribution in [3.05, 3.63) is 76.7 Å². The van der Waals surface area contributed by atoms with Gasteiger partial charge in [-0.2, -0.15) is 5.26 Å². The lowest BCUT2D eigenvalue weighted by molar-refractivity contribution is -0.128. The molecule has 2 aromatic carbocycles. The molecule has 1 heterocycles. The summed E-state index contributed by atoms with van der Waals surface area (Å²) < 4.78 is 13.2. The number of piperazine rings is 1. The molecular formula is C21H20ClFN4O. The van der Waals surface area contributed by atoms with Crippen LogP contribution in [0.25, 0.3) is 0 Å². The van der Waals surface area contributed by atoms with Crippen LogP contribution < -0.4 is 5.32 Å².